The summed E-state index contributed by atoms with van der Waals surface area (Å²) >= 11 is 1.05. The second kappa shape index (κ2) is 7.85. The Morgan fingerprint density at radius 3 is 2.88 bits per heavy atom. The van der Waals surface area contributed by atoms with Crippen LogP contribution in [0.4, 0.5) is 0 Å². The number of β-lactam (4-membered cyclic amide) rings is 1. The van der Waals surface area contributed by atoms with Crippen LogP contribution in [-0.4, -0.2) is 62.2 Å². The van der Waals surface area contributed by atoms with E-state index in [2.05, 4.69) is 10.2 Å². The predicted octanol–water partition coefficient (Wildman–Crippen LogP) is -0.741. The van der Waals surface area contributed by atoms with E-state index >= 15 is 0 Å². The van der Waals surface area contributed by atoms with Crippen LogP contribution in [0.1, 0.15) is 30.2 Å². The average Bonchev–Trinajstić information content (AvgIpc) is 2.62. The molecule has 0 aromatic carbocycles. The van der Waals surface area contributed by atoms with E-state index in [0.717, 1.165) is 16.7 Å². The van der Waals surface area contributed by atoms with Crippen LogP contribution in [0.5, 0.6) is 0 Å². The quantitative estimate of drug-likeness (QED) is 0.255. The summed E-state index contributed by atoms with van der Waals surface area (Å²) in [7, 11) is 0. The van der Waals surface area contributed by atoms with Gasteiger partial charge in [0.05, 0.1) is 0 Å². The number of rotatable bonds is 7. The second-order valence-corrected chi connectivity index (χ2v) is 6.60. The Morgan fingerprint density at radius 1 is 1.56 bits per heavy atom. The van der Waals surface area contributed by atoms with E-state index in [4.69, 9.17) is 20.2 Å². The number of fused-ring (bicyclic) bond motifs is 1. The summed E-state index contributed by atoms with van der Waals surface area (Å²) in [6, 6.07) is -2.07. The smallest absolute Gasteiger partial charge is 0.389 e. The number of nitrogens with two attached hydrogens (primary N) is 1. The van der Waals surface area contributed by atoms with Crippen LogP contribution in [0.15, 0.2) is 11.3 Å². The number of amides is 2. The molecule has 0 aromatic heterocycles. The number of nitrogens with one attached hydrogen (secondary N) is 1. The number of aliphatic carboxylic acids is 1. The molecule has 0 spiro atoms. The molecule has 138 valence electrons. The first-order chi connectivity index (χ1) is 13.0. The molecule has 0 unspecified atom stereocenters. The van der Waals surface area contributed by atoms with Crippen LogP contribution in [0, 0.1) is 0 Å². The zero-order valence-electron chi connectivity index (χ0n) is 15.9. The number of carboxylic acids is 1. The van der Waals surface area contributed by atoms with E-state index in [1.807, 2.05) is 0 Å². The summed E-state index contributed by atoms with van der Waals surface area (Å²) in [6.45, 7) is -2.67. The molecular formula is C14H19N3O7S. The summed E-state index contributed by atoms with van der Waals surface area (Å²) < 4.78 is 22.5. The molecule has 0 bridgehead atoms. The highest BCUT2D eigenvalue weighted by Crippen LogP contribution is 2.40. The van der Waals surface area contributed by atoms with Gasteiger partial charge in [-0.3, -0.25) is 24.2 Å². The van der Waals surface area contributed by atoms with Gasteiger partial charge in [0.1, 0.15) is 23.2 Å². The zero-order chi connectivity index (χ0) is 21.2. The Balaban J connectivity index is 2.03. The first-order valence-corrected chi connectivity index (χ1v) is 8.35. The number of carbonyl (C=O) groups excluding carboxylic acids is 3. The summed E-state index contributed by atoms with van der Waals surface area (Å²) in [5, 5.41) is 19.1. The molecule has 0 aromatic rings. The number of thioether (sulfide) groups is 1. The van der Waals surface area contributed by atoms with Crippen molar-refractivity contribution in [2.24, 2.45) is 5.73 Å². The molecule has 0 radical (unpaired) electrons. The van der Waals surface area contributed by atoms with Gasteiger partial charge < -0.3 is 16.2 Å². The fourth-order valence-corrected chi connectivity index (χ4v) is 3.71. The highest BCUT2D eigenvalue weighted by atomic mass is 32.2. The summed E-state index contributed by atoms with van der Waals surface area (Å²) in [5.41, 5.74) is 4.47. The molecule has 2 heterocycles. The van der Waals surface area contributed by atoms with Crippen LogP contribution in [-0.2, 0) is 24.1 Å². The van der Waals surface area contributed by atoms with Gasteiger partial charge in [-0.05, 0) is 25.3 Å². The Hall–Kier alpha value is -2.11. The largest absolute Gasteiger partial charge is 0.480 e. The minimum absolute atomic E-state index is 0.0515. The lowest BCUT2D eigenvalue weighted by Gasteiger charge is -2.49. The van der Waals surface area contributed by atoms with Gasteiger partial charge in [0.25, 0.3) is 5.91 Å². The zero-order valence-corrected chi connectivity index (χ0v) is 13.7. The van der Waals surface area contributed by atoms with Crippen molar-refractivity contribution in [2.75, 3.05) is 5.75 Å². The van der Waals surface area contributed by atoms with Gasteiger partial charge in [0.2, 0.25) is 5.91 Å². The number of carbonyl (C=O) groups is 4. The average molecular weight is 376 g/mol. The lowest BCUT2D eigenvalue weighted by molar-refractivity contribution is -0.231. The lowest BCUT2D eigenvalue weighted by atomic mass is 10.0. The van der Waals surface area contributed by atoms with Crippen LogP contribution in [0.25, 0.3) is 0 Å². The fraction of sp³-hybridized carbons (Fsp3) is 0.571. The van der Waals surface area contributed by atoms with Crippen molar-refractivity contribution in [1.82, 2.24) is 10.2 Å². The van der Waals surface area contributed by atoms with Gasteiger partial charge in [-0.2, -0.15) is 5.26 Å². The number of hydrogen-bond donors (Lipinski definition) is 4. The number of carboxylic acid groups (broad SMARTS) is 1. The normalized spacial score (nSPS) is 25.8. The minimum atomic E-state index is -2.67. The Morgan fingerprint density at radius 2 is 2.28 bits per heavy atom. The third-order valence-electron chi connectivity index (χ3n) is 3.80. The standard InChI is InChI=1S/C14H19N3O7S/c1-6-5-25-12-9(11(19)17(12)10(6)14(22)24-23)16-8(18)4-2-3-7(15)13(20)21/h7,9,12,23H,2-5,15H2,1H3,(H,16,18)(H,20,21)/t7-,9-,12-/m1/s1/i1D3. The molecule has 0 saturated carbocycles. The number of hydrogen-bond acceptors (Lipinski definition) is 8. The van der Waals surface area contributed by atoms with Crippen LogP contribution < -0.4 is 11.1 Å². The molecule has 25 heavy (non-hydrogen) atoms. The number of nitrogens with zero attached hydrogens (tertiary/aromatic N) is 1. The Labute approximate surface area is 151 Å². The second-order valence-electron chi connectivity index (χ2n) is 5.50. The molecule has 1 saturated heterocycles. The van der Waals surface area contributed by atoms with Gasteiger partial charge in [-0.25, -0.2) is 4.79 Å². The van der Waals surface area contributed by atoms with Crippen LogP contribution in [0.3, 0.4) is 0 Å². The summed E-state index contributed by atoms with van der Waals surface area (Å²) in [5.74, 6) is -3.88. The molecule has 2 rings (SSSR count). The van der Waals surface area contributed by atoms with Gasteiger partial charge in [0, 0.05) is 16.3 Å². The van der Waals surface area contributed by atoms with Gasteiger partial charge in [-0.1, -0.05) is 0 Å². The van der Waals surface area contributed by atoms with Crippen molar-refractivity contribution in [3.63, 3.8) is 0 Å². The van der Waals surface area contributed by atoms with E-state index < -0.39 is 53.8 Å². The van der Waals surface area contributed by atoms with Crippen molar-refractivity contribution in [3.05, 3.63) is 11.3 Å². The molecule has 1 fully saturated rings. The predicted molar refractivity (Wildman–Crippen MR) is 85.9 cm³/mol. The molecule has 2 aliphatic heterocycles. The molecule has 2 amide bonds. The fourth-order valence-electron chi connectivity index (χ4n) is 2.50. The van der Waals surface area contributed by atoms with Crippen LogP contribution >= 0.6 is 11.8 Å². The van der Waals surface area contributed by atoms with Crippen LogP contribution in [0.2, 0.25) is 0 Å². The van der Waals surface area contributed by atoms with E-state index in [0.29, 0.717) is 0 Å². The SMILES string of the molecule is [2H]C([2H])([2H])C1=C(C(=O)OO)N2C(=O)[C@@H](NC(=O)CCC[C@@H](N)C(=O)O)[C@H]2SC1. The maximum absolute atomic E-state index is 12.4. The van der Waals surface area contributed by atoms with Crippen molar-refractivity contribution in [1.29, 1.82) is 0 Å². The monoisotopic (exact) mass is 376 g/mol. The molecule has 3 atom stereocenters. The van der Waals surface area contributed by atoms with Gasteiger partial charge in [0.15, 0.2) is 0 Å². The van der Waals surface area contributed by atoms with E-state index in [9.17, 15) is 19.2 Å². The van der Waals surface area contributed by atoms with Gasteiger partial charge >= 0.3 is 11.9 Å². The van der Waals surface area contributed by atoms with E-state index in [1.54, 1.807) is 0 Å². The highest BCUT2D eigenvalue weighted by molar-refractivity contribution is 8.00. The third kappa shape index (κ3) is 3.94. The third-order valence-corrected chi connectivity index (χ3v) is 5.08. The molecular weight excluding hydrogens is 354 g/mol. The van der Waals surface area contributed by atoms with Gasteiger partial charge in [-0.15, -0.1) is 11.8 Å². The van der Waals surface area contributed by atoms with E-state index in [-0.39, 0.29) is 30.6 Å². The molecule has 11 heteroatoms. The van der Waals surface area contributed by atoms with Crippen molar-refractivity contribution in [3.8, 4) is 0 Å². The maximum Gasteiger partial charge on any atom is 0.389 e. The Bertz CT molecular complexity index is 727. The molecule has 5 N–H and O–H groups in total. The highest BCUT2D eigenvalue weighted by Gasteiger charge is 2.54. The van der Waals surface area contributed by atoms with Crippen molar-refractivity contribution in [2.45, 2.75) is 43.6 Å². The molecule has 0 aliphatic carbocycles. The van der Waals surface area contributed by atoms with Crippen molar-refractivity contribution >= 4 is 35.5 Å². The molecule has 10 nitrogen and oxygen atoms in total. The van der Waals surface area contributed by atoms with E-state index in [1.165, 1.54) is 0 Å². The first-order valence-electron chi connectivity index (χ1n) is 8.80. The Kier molecular flexibility index (Phi) is 4.76. The molecule has 2 aliphatic rings. The summed E-state index contributed by atoms with van der Waals surface area (Å²) in [6.07, 6.45) is 0.236. The maximum atomic E-state index is 12.4. The topological polar surface area (TPSA) is 159 Å². The van der Waals surface area contributed by atoms with Crippen molar-refractivity contribution < 1.29 is 38.5 Å². The minimum Gasteiger partial charge on any atom is -0.480 e. The first kappa shape index (κ1) is 15.2. The lowest BCUT2D eigenvalue weighted by Crippen LogP contribution is -2.70. The summed E-state index contributed by atoms with van der Waals surface area (Å²) in [4.78, 5) is 51.4.